The second-order valence-electron chi connectivity index (χ2n) is 13.4. The summed E-state index contributed by atoms with van der Waals surface area (Å²) in [6.45, 7) is 6.09. The fourth-order valence-electron chi connectivity index (χ4n) is 8.41. The lowest BCUT2D eigenvalue weighted by atomic mass is 9.87. The van der Waals surface area contributed by atoms with Crippen LogP contribution < -0.4 is 9.80 Å². The van der Waals surface area contributed by atoms with Crippen LogP contribution in [0, 0.1) is 39.9 Å². The molecule has 5 aliphatic rings. The van der Waals surface area contributed by atoms with Crippen LogP contribution in [-0.4, -0.2) is 12.1 Å². The van der Waals surface area contributed by atoms with E-state index in [1.54, 1.807) is 6.08 Å². The fraction of sp³-hybridized carbons (Fsp3) is 0.152. The molecule has 0 aromatic heterocycles. The van der Waals surface area contributed by atoms with Crippen molar-refractivity contribution in [1.29, 1.82) is 15.8 Å². The van der Waals surface area contributed by atoms with Crippen molar-refractivity contribution < 1.29 is 0 Å². The van der Waals surface area contributed by atoms with E-state index < -0.39 is 0 Å². The molecule has 4 unspecified atom stereocenters. The van der Waals surface area contributed by atoms with E-state index in [1.165, 1.54) is 11.3 Å². The van der Waals surface area contributed by atoms with E-state index in [0.29, 0.717) is 22.6 Å². The van der Waals surface area contributed by atoms with Gasteiger partial charge in [0.05, 0.1) is 41.4 Å². The molecule has 2 aliphatic heterocycles. The van der Waals surface area contributed by atoms with Gasteiger partial charge in [0.15, 0.2) is 0 Å². The van der Waals surface area contributed by atoms with E-state index in [2.05, 4.69) is 114 Å². The molecule has 0 saturated heterocycles. The van der Waals surface area contributed by atoms with Gasteiger partial charge in [-0.3, -0.25) is 0 Å². The first-order valence-corrected chi connectivity index (χ1v) is 17.4. The Morgan fingerprint density at radius 1 is 0.843 bits per heavy atom. The average Bonchev–Trinajstić information content (AvgIpc) is 3.70. The van der Waals surface area contributed by atoms with Gasteiger partial charge in [-0.1, -0.05) is 85.5 Å². The summed E-state index contributed by atoms with van der Waals surface area (Å²) >= 11 is 0. The van der Waals surface area contributed by atoms with E-state index >= 15 is 0 Å². The Bertz CT molecular complexity index is 2350. The van der Waals surface area contributed by atoms with Crippen LogP contribution in [0.25, 0.3) is 16.7 Å². The van der Waals surface area contributed by atoms with Crippen LogP contribution in [0.5, 0.6) is 0 Å². The maximum absolute atomic E-state index is 10.0. The number of hydrogen-bond acceptors (Lipinski definition) is 5. The van der Waals surface area contributed by atoms with Crippen LogP contribution in [-0.2, 0) is 0 Å². The number of rotatable bonds is 6. The highest BCUT2D eigenvalue weighted by atomic mass is 15.2. The summed E-state index contributed by atoms with van der Waals surface area (Å²) < 4.78 is 0. The first-order valence-electron chi connectivity index (χ1n) is 17.4. The van der Waals surface area contributed by atoms with Crippen molar-refractivity contribution in [3.8, 4) is 29.3 Å². The van der Waals surface area contributed by atoms with Gasteiger partial charge in [0.2, 0.25) is 0 Å². The third-order valence-corrected chi connectivity index (χ3v) is 10.7. The topological polar surface area (TPSA) is 77.8 Å². The highest BCUT2D eigenvalue weighted by Crippen LogP contribution is 2.49. The first kappa shape index (κ1) is 31.6. The summed E-state index contributed by atoms with van der Waals surface area (Å²) in [5, 5.41) is 29.5. The van der Waals surface area contributed by atoms with Gasteiger partial charge < -0.3 is 9.80 Å². The Balaban J connectivity index is 1.24. The number of nitrogens with zero attached hydrogens (tertiary/aromatic N) is 5. The predicted molar refractivity (Wildman–Crippen MR) is 205 cm³/mol. The van der Waals surface area contributed by atoms with Crippen molar-refractivity contribution in [2.24, 2.45) is 5.92 Å². The highest BCUT2D eigenvalue weighted by molar-refractivity contribution is 5.90. The predicted octanol–water partition coefficient (Wildman–Crippen LogP) is 10.1. The van der Waals surface area contributed by atoms with Crippen molar-refractivity contribution in [3.63, 3.8) is 0 Å². The Morgan fingerprint density at radius 2 is 1.63 bits per heavy atom. The number of nitriles is 3. The second-order valence-corrected chi connectivity index (χ2v) is 13.4. The van der Waals surface area contributed by atoms with Crippen molar-refractivity contribution in [2.75, 3.05) is 9.80 Å². The smallest absolute Gasteiger partial charge is 0.0991 e. The van der Waals surface area contributed by atoms with E-state index in [4.69, 9.17) is 0 Å². The Kier molecular flexibility index (Phi) is 8.08. The van der Waals surface area contributed by atoms with Crippen LogP contribution in [0.4, 0.5) is 11.4 Å². The highest BCUT2D eigenvalue weighted by Gasteiger charge is 2.40. The van der Waals surface area contributed by atoms with Gasteiger partial charge in [0.25, 0.3) is 0 Å². The van der Waals surface area contributed by atoms with Crippen molar-refractivity contribution >= 4 is 16.9 Å². The van der Waals surface area contributed by atoms with E-state index in [-0.39, 0.29) is 18.0 Å². The molecule has 0 amide bonds. The van der Waals surface area contributed by atoms with E-state index in [1.807, 2.05) is 54.6 Å². The Labute approximate surface area is 299 Å². The standard InChI is InChI=1S/C46H35N5/c1-3-4-9-36(30(2)50-45-22-15-32(28-48)25-41(45)42-26-33(29-49)16-23-46(42)50)37-21-14-31(27-47)24-40(37)34-17-19-35(20-18-34)51-43-12-7-5-10-38(43)39-11-6-8-13-44(39)51/h3-5,7-10,12-26,38,41,43,45H,1,6,11H2,2H3/b9-4-,36-30-. The lowest BCUT2D eigenvalue weighted by Gasteiger charge is -2.31. The van der Waals surface area contributed by atoms with Gasteiger partial charge in [0.1, 0.15) is 0 Å². The average molecular weight is 658 g/mol. The number of hydrogen-bond donors (Lipinski definition) is 0. The van der Waals surface area contributed by atoms with Crippen LogP contribution in [0.2, 0.25) is 0 Å². The third-order valence-electron chi connectivity index (χ3n) is 10.7. The van der Waals surface area contributed by atoms with E-state index in [0.717, 1.165) is 57.7 Å². The van der Waals surface area contributed by atoms with Crippen molar-refractivity contribution in [1.82, 2.24) is 0 Å². The molecule has 244 valence electrons. The van der Waals surface area contributed by atoms with Gasteiger partial charge in [-0.25, -0.2) is 0 Å². The molecular formula is C46H35N5. The first-order chi connectivity index (χ1) is 25.0. The molecule has 0 bridgehead atoms. The zero-order valence-electron chi connectivity index (χ0n) is 28.4. The third kappa shape index (κ3) is 5.30. The quantitative estimate of drug-likeness (QED) is 0.247. The van der Waals surface area contributed by atoms with Gasteiger partial charge in [-0.15, -0.1) is 0 Å². The number of anilines is 2. The minimum atomic E-state index is -0.0742. The molecule has 0 spiro atoms. The number of fused-ring (bicyclic) bond motifs is 5. The van der Waals surface area contributed by atoms with Gasteiger partial charge in [-0.05, 0) is 102 Å². The molecule has 5 nitrogen and oxygen atoms in total. The molecule has 0 radical (unpaired) electrons. The summed E-state index contributed by atoms with van der Waals surface area (Å²) in [6.07, 6.45) is 27.5. The van der Waals surface area contributed by atoms with Gasteiger partial charge in [-0.2, -0.15) is 15.8 Å². The van der Waals surface area contributed by atoms with Crippen LogP contribution in [0.3, 0.4) is 0 Å². The number of allylic oxidation sites excluding steroid dienone is 11. The van der Waals surface area contributed by atoms with Crippen LogP contribution in [0.1, 0.15) is 47.9 Å². The molecule has 5 heteroatoms. The zero-order chi connectivity index (χ0) is 35.1. The second kappa shape index (κ2) is 13.0. The molecule has 51 heavy (non-hydrogen) atoms. The summed E-state index contributed by atoms with van der Waals surface area (Å²) in [5.74, 6) is 0.318. The molecule has 3 aromatic carbocycles. The molecule has 0 saturated carbocycles. The van der Waals surface area contributed by atoms with E-state index in [9.17, 15) is 15.8 Å². The molecular weight excluding hydrogens is 623 g/mol. The van der Waals surface area contributed by atoms with Gasteiger partial charge in [0, 0.05) is 45.8 Å². The molecule has 4 atom stereocenters. The molecule has 3 aliphatic carbocycles. The summed E-state index contributed by atoms with van der Waals surface area (Å²) in [7, 11) is 0. The van der Waals surface area contributed by atoms with Crippen molar-refractivity contribution in [2.45, 2.75) is 37.8 Å². The summed E-state index contributed by atoms with van der Waals surface area (Å²) in [5.41, 5.74) is 12.8. The fourth-order valence-corrected chi connectivity index (χ4v) is 8.41. The lowest BCUT2D eigenvalue weighted by Crippen LogP contribution is -2.32. The molecule has 8 rings (SSSR count). The molecule has 2 heterocycles. The maximum atomic E-state index is 10.0. The van der Waals surface area contributed by atoms with Crippen LogP contribution >= 0.6 is 0 Å². The lowest BCUT2D eigenvalue weighted by molar-refractivity contribution is 0.658. The largest absolute Gasteiger partial charge is 0.337 e. The minimum Gasteiger partial charge on any atom is -0.337 e. The molecule has 0 fully saturated rings. The van der Waals surface area contributed by atoms with Crippen LogP contribution in [0.15, 0.2) is 163 Å². The summed E-state index contributed by atoms with van der Waals surface area (Å²) in [6, 6.07) is 27.6. The monoisotopic (exact) mass is 657 g/mol. The Morgan fingerprint density at radius 3 is 2.41 bits per heavy atom. The molecule has 3 aromatic rings. The van der Waals surface area contributed by atoms with Crippen molar-refractivity contribution in [3.05, 3.63) is 185 Å². The minimum absolute atomic E-state index is 0.0692. The van der Waals surface area contributed by atoms with Gasteiger partial charge >= 0.3 is 0 Å². The maximum Gasteiger partial charge on any atom is 0.0991 e. The number of benzene rings is 3. The summed E-state index contributed by atoms with van der Waals surface area (Å²) in [4.78, 5) is 4.78. The molecule has 0 N–H and O–H groups in total. The zero-order valence-corrected chi connectivity index (χ0v) is 28.4. The normalized spacial score (nSPS) is 22.7. The Hall–Kier alpha value is -6.61. The SMILES string of the molecule is C=C/C=C\C(=C(/C)N1c2ccc(C#N)cc2C2C=C(C#N)C=CC21)c1ccc(C#N)cc1-c1ccc(N2C3=C(CCC=C3)C3C=CC=CC32)cc1.